The smallest absolute Gasteiger partial charge is 0.335 e. The van der Waals surface area contributed by atoms with Crippen LogP contribution in [0.15, 0.2) is 109 Å². The fourth-order valence-corrected chi connectivity index (χ4v) is 3.75. The summed E-state index contributed by atoms with van der Waals surface area (Å²) in [5.74, 6) is -0.979. The molecule has 0 saturated heterocycles. The highest BCUT2D eigenvalue weighted by atomic mass is 16.4. The fourth-order valence-electron chi connectivity index (χ4n) is 3.75. The lowest BCUT2D eigenvalue weighted by molar-refractivity contribution is 0.0696. The average Bonchev–Trinajstić information content (AvgIpc) is 3.33. The molecule has 3 aromatic carbocycles. The largest absolute Gasteiger partial charge is 0.478 e. The Morgan fingerprint density at radius 2 is 1.41 bits per heavy atom. The molecule has 164 valence electrons. The lowest BCUT2D eigenvalue weighted by Gasteiger charge is -2.04. The zero-order valence-corrected chi connectivity index (χ0v) is 18.2. The number of carbonyl (C=O) groups is 1. The van der Waals surface area contributed by atoms with Crippen LogP contribution in [0.1, 0.15) is 21.6 Å². The number of rotatable bonds is 6. The van der Waals surface area contributed by atoms with E-state index in [2.05, 4.69) is 41.4 Å². The molecule has 0 radical (unpaired) electrons. The summed E-state index contributed by atoms with van der Waals surface area (Å²) in [6.07, 6.45) is 7.19. The molecule has 0 amide bonds. The predicted octanol–water partition coefficient (Wildman–Crippen LogP) is 6.47. The lowest BCUT2D eigenvalue weighted by atomic mass is 10.0. The summed E-state index contributed by atoms with van der Waals surface area (Å²) in [5, 5.41) is 14.1. The van der Waals surface area contributed by atoms with Gasteiger partial charge in [0.1, 0.15) is 0 Å². The van der Waals surface area contributed by atoms with Crippen LogP contribution in [-0.4, -0.2) is 25.8 Å². The highest BCUT2D eigenvalue weighted by Crippen LogP contribution is 2.28. The van der Waals surface area contributed by atoms with Crippen molar-refractivity contribution >= 4 is 18.1 Å². The zero-order valence-electron chi connectivity index (χ0n) is 18.2. The Labute approximate surface area is 197 Å². The number of pyridine rings is 1. The first-order chi connectivity index (χ1) is 16.7. The molecule has 0 aliphatic heterocycles. The van der Waals surface area contributed by atoms with Crippen LogP contribution in [-0.2, 0) is 0 Å². The first-order valence-corrected chi connectivity index (χ1v) is 10.9. The van der Waals surface area contributed by atoms with Gasteiger partial charge in [-0.3, -0.25) is 4.98 Å². The number of hydrogen-bond acceptors (Lipinski definition) is 3. The van der Waals surface area contributed by atoms with E-state index in [-0.39, 0.29) is 5.56 Å². The van der Waals surface area contributed by atoms with Crippen LogP contribution in [0.3, 0.4) is 0 Å². The van der Waals surface area contributed by atoms with Gasteiger partial charge in [0.15, 0.2) is 0 Å². The third-order valence-electron chi connectivity index (χ3n) is 5.49. The summed E-state index contributed by atoms with van der Waals surface area (Å²) in [6, 6.07) is 31.5. The van der Waals surface area contributed by atoms with Gasteiger partial charge in [-0.05, 0) is 47.5 Å². The van der Waals surface area contributed by atoms with Gasteiger partial charge in [-0.1, -0.05) is 72.8 Å². The predicted molar refractivity (Wildman–Crippen MR) is 135 cm³/mol. The van der Waals surface area contributed by atoms with Crippen LogP contribution in [0.5, 0.6) is 0 Å². The maximum atomic E-state index is 11.3. The van der Waals surface area contributed by atoms with Crippen LogP contribution in [0.25, 0.3) is 40.2 Å². The van der Waals surface area contributed by atoms with Gasteiger partial charge in [0.25, 0.3) is 0 Å². The summed E-state index contributed by atoms with van der Waals surface area (Å²) < 4.78 is 1.85. The Kier molecular flexibility index (Phi) is 5.82. The van der Waals surface area contributed by atoms with E-state index in [0.29, 0.717) is 5.69 Å². The van der Waals surface area contributed by atoms with Crippen LogP contribution >= 0.6 is 0 Å². The maximum Gasteiger partial charge on any atom is 0.335 e. The molecule has 0 aliphatic carbocycles. The van der Waals surface area contributed by atoms with Crippen molar-refractivity contribution in [2.75, 3.05) is 0 Å². The minimum atomic E-state index is -0.979. The van der Waals surface area contributed by atoms with Crippen LogP contribution in [0.4, 0.5) is 0 Å². The number of hydrogen-bond donors (Lipinski definition) is 1. The number of carboxylic acid groups (broad SMARTS) is 1. The topological polar surface area (TPSA) is 68.0 Å². The second kappa shape index (κ2) is 9.38. The number of para-hydroxylation sites is 1. The lowest BCUT2D eigenvalue weighted by Crippen LogP contribution is -1.96. The van der Waals surface area contributed by atoms with E-state index >= 15 is 0 Å². The van der Waals surface area contributed by atoms with Crippen molar-refractivity contribution < 1.29 is 9.90 Å². The second-order valence-electron chi connectivity index (χ2n) is 7.76. The highest BCUT2D eigenvalue weighted by Gasteiger charge is 2.11. The molecule has 2 aromatic heterocycles. The van der Waals surface area contributed by atoms with E-state index in [1.54, 1.807) is 12.1 Å². The third kappa shape index (κ3) is 4.54. The van der Waals surface area contributed by atoms with E-state index in [0.717, 1.165) is 33.6 Å². The minimum absolute atomic E-state index is 0.200. The van der Waals surface area contributed by atoms with Crippen molar-refractivity contribution in [2.45, 2.75) is 0 Å². The van der Waals surface area contributed by atoms with Gasteiger partial charge >= 0.3 is 5.97 Å². The van der Waals surface area contributed by atoms with Crippen LogP contribution in [0.2, 0.25) is 0 Å². The highest BCUT2D eigenvalue weighted by molar-refractivity contribution is 5.88. The number of nitrogens with zero attached hydrogens (tertiary/aromatic N) is 3. The summed E-state index contributed by atoms with van der Waals surface area (Å²) >= 11 is 0. The van der Waals surface area contributed by atoms with Crippen LogP contribution in [0, 0.1) is 0 Å². The molecule has 5 heteroatoms. The SMILES string of the molecule is O=C(O)c1ccnc(C=Cc2cn(-c3ccccc3)nc2-c2ccc(-c3ccccc3)cc2)c1. The van der Waals surface area contributed by atoms with Gasteiger partial charge in [-0.15, -0.1) is 0 Å². The molecule has 34 heavy (non-hydrogen) atoms. The standard InChI is InChI=1S/C29H21N3O2/c33-29(34)24-17-18-30-26(19-24)16-15-25-20-32(27-9-5-2-6-10-27)31-28(25)23-13-11-22(12-14-23)21-7-3-1-4-8-21/h1-20H,(H,33,34). The Morgan fingerprint density at radius 3 is 2.12 bits per heavy atom. The molecule has 0 bridgehead atoms. The molecule has 5 aromatic rings. The number of aromatic nitrogens is 3. The molecular formula is C29H21N3O2. The van der Waals surface area contributed by atoms with Crippen LogP contribution < -0.4 is 0 Å². The van der Waals surface area contributed by atoms with E-state index in [4.69, 9.17) is 5.10 Å². The first kappa shape index (κ1) is 21.1. The van der Waals surface area contributed by atoms with Crippen molar-refractivity contribution in [3.63, 3.8) is 0 Å². The minimum Gasteiger partial charge on any atom is -0.478 e. The summed E-state index contributed by atoms with van der Waals surface area (Å²) in [5.41, 5.74) is 6.74. The quantitative estimate of drug-likeness (QED) is 0.327. The van der Waals surface area contributed by atoms with Gasteiger partial charge in [0.2, 0.25) is 0 Å². The Hall–Kier alpha value is -4.77. The van der Waals surface area contributed by atoms with E-state index in [1.807, 2.05) is 65.5 Å². The van der Waals surface area contributed by atoms with Crippen molar-refractivity contribution in [2.24, 2.45) is 0 Å². The zero-order chi connectivity index (χ0) is 23.3. The van der Waals surface area contributed by atoms with Gasteiger partial charge < -0.3 is 5.11 Å². The number of carboxylic acids is 1. The van der Waals surface area contributed by atoms with Gasteiger partial charge in [0.05, 0.1) is 22.6 Å². The second-order valence-corrected chi connectivity index (χ2v) is 7.76. The van der Waals surface area contributed by atoms with E-state index in [9.17, 15) is 9.90 Å². The normalized spacial score (nSPS) is 11.1. The summed E-state index contributed by atoms with van der Waals surface area (Å²) in [4.78, 5) is 15.6. The summed E-state index contributed by atoms with van der Waals surface area (Å²) in [6.45, 7) is 0. The van der Waals surface area contributed by atoms with Crippen molar-refractivity contribution in [3.05, 3.63) is 126 Å². The summed E-state index contributed by atoms with van der Waals surface area (Å²) in [7, 11) is 0. The van der Waals surface area contributed by atoms with Gasteiger partial charge in [0, 0.05) is 23.5 Å². The third-order valence-corrected chi connectivity index (χ3v) is 5.49. The van der Waals surface area contributed by atoms with Crippen molar-refractivity contribution in [1.82, 2.24) is 14.8 Å². The number of aromatic carboxylic acids is 1. The Bertz CT molecular complexity index is 1450. The van der Waals surface area contributed by atoms with Gasteiger partial charge in [-0.25, -0.2) is 9.48 Å². The Balaban J connectivity index is 1.54. The molecule has 0 atom stereocenters. The molecule has 5 rings (SSSR count). The first-order valence-electron chi connectivity index (χ1n) is 10.9. The maximum absolute atomic E-state index is 11.3. The molecule has 2 heterocycles. The molecule has 0 aliphatic rings. The van der Waals surface area contributed by atoms with E-state index in [1.165, 1.54) is 12.3 Å². The van der Waals surface area contributed by atoms with Crippen molar-refractivity contribution in [1.29, 1.82) is 0 Å². The molecule has 0 unspecified atom stereocenters. The monoisotopic (exact) mass is 443 g/mol. The molecular weight excluding hydrogens is 422 g/mol. The van der Waals surface area contributed by atoms with Crippen molar-refractivity contribution in [3.8, 4) is 28.1 Å². The van der Waals surface area contributed by atoms with Gasteiger partial charge in [-0.2, -0.15) is 5.10 Å². The Morgan fingerprint density at radius 1 is 0.765 bits per heavy atom. The van der Waals surface area contributed by atoms with E-state index < -0.39 is 5.97 Å². The molecule has 5 nitrogen and oxygen atoms in total. The molecule has 0 fully saturated rings. The fraction of sp³-hybridized carbons (Fsp3) is 0. The number of benzene rings is 3. The molecule has 0 spiro atoms. The molecule has 0 saturated carbocycles. The molecule has 1 N–H and O–H groups in total. The average molecular weight is 444 g/mol.